The zero-order valence-corrected chi connectivity index (χ0v) is 21.5. The lowest BCUT2D eigenvalue weighted by molar-refractivity contribution is -0.0551. The van der Waals surface area contributed by atoms with Crippen molar-refractivity contribution >= 4 is 12.0 Å². The average Bonchev–Trinajstić information content (AvgIpc) is 3.05. The third kappa shape index (κ3) is 4.07. The van der Waals surface area contributed by atoms with Gasteiger partial charge in [0.05, 0.1) is 6.10 Å². The Balaban J connectivity index is 1.47. The van der Waals surface area contributed by atoms with E-state index in [1.165, 1.54) is 70.6 Å². The molecule has 1 unspecified atom stereocenters. The molecule has 0 aromatic rings. The Morgan fingerprint density at radius 1 is 1.03 bits per heavy atom. The Morgan fingerprint density at radius 2 is 1.83 bits per heavy atom. The van der Waals surface area contributed by atoms with Gasteiger partial charge in [-0.15, -0.1) is 0 Å². The van der Waals surface area contributed by atoms with Gasteiger partial charge in [0.25, 0.3) is 0 Å². The summed E-state index contributed by atoms with van der Waals surface area (Å²) in [6, 6.07) is 0. The highest BCUT2D eigenvalue weighted by atomic mass is 32.2. The summed E-state index contributed by atoms with van der Waals surface area (Å²) in [5.41, 5.74) is 2.83. The van der Waals surface area contributed by atoms with Gasteiger partial charge in [0.2, 0.25) is 0 Å². The smallest absolute Gasteiger partial charge is 0.0759 e. The van der Waals surface area contributed by atoms with Crippen LogP contribution in [0.15, 0.2) is 11.6 Å². The van der Waals surface area contributed by atoms with E-state index >= 15 is 0 Å². The lowest BCUT2D eigenvalue weighted by atomic mass is 9.47. The number of fused-ring (bicyclic) bond motifs is 5. The van der Waals surface area contributed by atoms with E-state index in [0.29, 0.717) is 16.9 Å². The van der Waals surface area contributed by atoms with Crippen molar-refractivity contribution in [2.75, 3.05) is 6.26 Å². The fourth-order valence-electron chi connectivity index (χ4n) is 8.87. The second-order valence-corrected chi connectivity index (χ2v) is 12.9. The zero-order chi connectivity index (χ0) is 21.5. The lowest BCUT2D eigenvalue weighted by Crippen LogP contribution is -2.50. The van der Waals surface area contributed by atoms with E-state index in [1.807, 2.05) is 0 Å². The van der Waals surface area contributed by atoms with Crippen molar-refractivity contribution in [3.05, 3.63) is 11.6 Å². The molecular formula is C28H48OS. The van der Waals surface area contributed by atoms with Gasteiger partial charge in [0.1, 0.15) is 0 Å². The Labute approximate surface area is 191 Å². The van der Waals surface area contributed by atoms with Crippen LogP contribution in [0.1, 0.15) is 105 Å². The Hall–Kier alpha value is 0.0500. The fraction of sp³-hybridized carbons (Fsp3) is 0.929. The van der Waals surface area contributed by atoms with Gasteiger partial charge in [0, 0.05) is 6.26 Å². The largest absolute Gasteiger partial charge is 0.312 e. The first kappa shape index (κ1) is 23.2. The van der Waals surface area contributed by atoms with Crippen LogP contribution >= 0.6 is 12.0 Å². The molecule has 172 valence electrons. The standard InChI is InChI=1S/C28H48OS/c1-19(2)8-7-9-20(3)24-12-13-25-23-11-10-21-18-22(29-30-6)14-16-27(21,4)26(23)15-17-28(24,25)5/h10,19-20,22-26H,7-9,11-18H2,1-6H3/t20-,22?,23+,24-,25+,26+,27+,28-/m1/s1. The van der Waals surface area contributed by atoms with Gasteiger partial charge >= 0.3 is 0 Å². The minimum absolute atomic E-state index is 0.451. The highest BCUT2D eigenvalue weighted by molar-refractivity contribution is 7.93. The highest BCUT2D eigenvalue weighted by Gasteiger charge is 2.59. The predicted octanol–water partition coefficient (Wildman–Crippen LogP) is 8.69. The molecule has 8 atom stereocenters. The van der Waals surface area contributed by atoms with Gasteiger partial charge in [-0.1, -0.05) is 65.5 Å². The average molecular weight is 433 g/mol. The third-order valence-corrected chi connectivity index (χ3v) is 11.0. The SMILES string of the molecule is CSOC1CC[C@@]2(C)C(=CC[C@H]3[C@@H]4CC[C@H]([C@H](C)CCCC(C)C)[C@@]4(C)CC[C@@H]32)C1. The normalized spacial score (nSPS) is 44.2. The zero-order valence-electron chi connectivity index (χ0n) is 20.7. The number of hydrogen-bond acceptors (Lipinski definition) is 2. The minimum atomic E-state index is 0.451. The quantitative estimate of drug-likeness (QED) is 0.294. The van der Waals surface area contributed by atoms with E-state index in [-0.39, 0.29) is 0 Å². The van der Waals surface area contributed by atoms with E-state index in [1.54, 1.807) is 17.6 Å². The molecule has 0 aromatic carbocycles. The molecule has 3 saturated carbocycles. The molecule has 30 heavy (non-hydrogen) atoms. The number of hydrogen-bond donors (Lipinski definition) is 0. The van der Waals surface area contributed by atoms with Crippen LogP contribution in [0.2, 0.25) is 0 Å². The summed E-state index contributed by atoms with van der Waals surface area (Å²) in [7, 11) is 0. The highest BCUT2D eigenvalue weighted by Crippen LogP contribution is 2.67. The van der Waals surface area contributed by atoms with Gasteiger partial charge < -0.3 is 4.18 Å². The molecule has 0 saturated heterocycles. The molecule has 0 N–H and O–H groups in total. The van der Waals surface area contributed by atoms with Crippen LogP contribution in [0.25, 0.3) is 0 Å². The molecule has 3 fully saturated rings. The molecular weight excluding hydrogens is 384 g/mol. The van der Waals surface area contributed by atoms with E-state index in [9.17, 15) is 0 Å². The van der Waals surface area contributed by atoms with E-state index in [2.05, 4.69) is 47.0 Å². The molecule has 1 nitrogen and oxygen atoms in total. The summed E-state index contributed by atoms with van der Waals surface area (Å²) in [5.74, 6) is 5.60. The van der Waals surface area contributed by atoms with E-state index < -0.39 is 0 Å². The maximum absolute atomic E-state index is 5.96. The summed E-state index contributed by atoms with van der Waals surface area (Å²) in [6.07, 6.45) is 20.7. The van der Waals surface area contributed by atoms with Gasteiger partial charge in [-0.3, -0.25) is 0 Å². The molecule has 0 spiro atoms. The fourth-order valence-corrected chi connectivity index (χ4v) is 9.31. The maximum atomic E-state index is 5.96. The lowest BCUT2D eigenvalue weighted by Gasteiger charge is -2.58. The van der Waals surface area contributed by atoms with Crippen LogP contribution < -0.4 is 0 Å². The molecule has 0 aliphatic heterocycles. The molecule has 4 aliphatic carbocycles. The Bertz CT molecular complexity index is 626. The molecule has 0 radical (unpaired) electrons. The Morgan fingerprint density at radius 3 is 2.57 bits per heavy atom. The summed E-state index contributed by atoms with van der Waals surface area (Å²) >= 11 is 1.56. The van der Waals surface area contributed by atoms with Crippen LogP contribution in [-0.4, -0.2) is 12.4 Å². The van der Waals surface area contributed by atoms with Crippen LogP contribution in [-0.2, 0) is 4.18 Å². The van der Waals surface area contributed by atoms with Crippen molar-refractivity contribution in [2.24, 2.45) is 46.3 Å². The van der Waals surface area contributed by atoms with Crippen molar-refractivity contribution in [3.8, 4) is 0 Å². The molecule has 4 rings (SSSR count). The molecule has 0 amide bonds. The van der Waals surface area contributed by atoms with Gasteiger partial charge in [-0.25, -0.2) is 0 Å². The summed E-state index contributed by atoms with van der Waals surface area (Å²) < 4.78 is 5.96. The molecule has 4 aliphatic rings. The molecule has 0 heterocycles. The summed E-state index contributed by atoms with van der Waals surface area (Å²) in [4.78, 5) is 0. The van der Waals surface area contributed by atoms with Crippen LogP contribution in [0.4, 0.5) is 0 Å². The van der Waals surface area contributed by atoms with Gasteiger partial charge in [0.15, 0.2) is 0 Å². The van der Waals surface area contributed by atoms with E-state index in [0.717, 1.165) is 35.5 Å². The first-order chi connectivity index (χ1) is 14.3. The Kier molecular flexibility index (Phi) is 7.06. The predicted molar refractivity (Wildman–Crippen MR) is 131 cm³/mol. The van der Waals surface area contributed by atoms with Crippen molar-refractivity contribution in [1.29, 1.82) is 0 Å². The topological polar surface area (TPSA) is 9.23 Å². The molecule has 0 aromatic heterocycles. The van der Waals surface area contributed by atoms with Crippen molar-refractivity contribution in [2.45, 2.75) is 111 Å². The summed E-state index contributed by atoms with van der Waals surface area (Å²) in [6.45, 7) is 12.7. The van der Waals surface area contributed by atoms with Crippen molar-refractivity contribution in [1.82, 2.24) is 0 Å². The molecule has 0 bridgehead atoms. The number of rotatable bonds is 7. The molecule has 2 heteroatoms. The summed E-state index contributed by atoms with van der Waals surface area (Å²) in [5, 5.41) is 0. The van der Waals surface area contributed by atoms with E-state index in [4.69, 9.17) is 4.18 Å². The van der Waals surface area contributed by atoms with Crippen molar-refractivity contribution < 1.29 is 4.18 Å². The third-order valence-electron chi connectivity index (χ3n) is 10.5. The monoisotopic (exact) mass is 432 g/mol. The second-order valence-electron chi connectivity index (χ2n) is 12.4. The number of allylic oxidation sites excluding steroid dienone is 1. The minimum Gasteiger partial charge on any atom is -0.312 e. The van der Waals surface area contributed by atoms with Gasteiger partial charge in [-0.2, -0.15) is 0 Å². The second kappa shape index (κ2) is 9.12. The van der Waals surface area contributed by atoms with Crippen LogP contribution in [0.3, 0.4) is 0 Å². The van der Waals surface area contributed by atoms with Crippen LogP contribution in [0.5, 0.6) is 0 Å². The first-order valence-electron chi connectivity index (χ1n) is 13.2. The van der Waals surface area contributed by atoms with Crippen molar-refractivity contribution in [3.63, 3.8) is 0 Å². The van der Waals surface area contributed by atoms with Crippen LogP contribution in [0, 0.1) is 46.3 Å². The van der Waals surface area contributed by atoms with Gasteiger partial charge in [-0.05, 0) is 110 Å². The maximum Gasteiger partial charge on any atom is 0.0759 e. The first-order valence-corrected chi connectivity index (χ1v) is 14.3.